The van der Waals surface area contributed by atoms with Crippen LogP contribution < -0.4 is 18.9 Å². The van der Waals surface area contributed by atoms with Crippen LogP contribution in [0.25, 0.3) is 5.76 Å². The number of hydrogen-bond acceptors (Lipinski definition) is 8. The number of aryl methyl sites for hydroxylation is 1. The van der Waals surface area contributed by atoms with Crippen LogP contribution in [0.5, 0.6) is 23.0 Å². The highest BCUT2D eigenvalue weighted by Crippen LogP contribution is 2.45. The van der Waals surface area contributed by atoms with Gasteiger partial charge in [-0.05, 0) is 62.5 Å². The Bertz CT molecular complexity index is 1130. The van der Waals surface area contributed by atoms with Crippen LogP contribution in [0.3, 0.4) is 0 Å². The number of benzene rings is 2. The van der Waals surface area contributed by atoms with Crippen LogP contribution in [0.15, 0.2) is 35.9 Å². The number of aliphatic hydroxyl groups is 1. The van der Waals surface area contributed by atoms with Gasteiger partial charge in [0.2, 0.25) is 5.75 Å². The molecular weight excluding hydrogens is 452 g/mol. The van der Waals surface area contributed by atoms with Gasteiger partial charge in [-0.1, -0.05) is 0 Å². The summed E-state index contributed by atoms with van der Waals surface area (Å²) in [5.41, 5.74) is 1.68. The molecule has 2 aromatic rings. The molecule has 1 N–H and O–H groups in total. The smallest absolute Gasteiger partial charge is 0.295 e. The minimum absolute atomic E-state index is 0.00343. The number of hydrogen-bond donors (Lipinski definition) is 1. The first-order valence-electron chi connectivity index (χ1n) is 11.1. The molecule has 9 nitrogen and oxygen atoms in total. The van der Waals surface area contributed by atoms with Gasteiger partial charge in [0.25, 0.3) is 11.7 Å². The number of likely N-dealkylation sites (N-methyl/N-ethyl adjacent to an activating group) is 1. The molecule has 3 rings (SSSR count). The number of carbonyl (C=O) groups excluding carboxylic acids is 2. The number of ketones is 1. The van der Waals surface area contributed by atoms with Gasteiger partial charge in [0.05, 0.1) is 40.1 Å². The summed E-state index contributed by atoms with van der Waals surface area (Å²) < 4.78 is 21.7. The van der Waals surface area contributed by atoms with E-state index in [2.05, 4.69) is 0 Å². The molecule has 1 aliphatic heterocycles. The second-order valence-electron chi connectivity index (χ2n) is 8.44. The van der Waals surface area contributed by atoms with Crippen molar-refractivity contribution in [3.63, 3.8) is 0 Å². The summed E-state index contributed by atoms with van der Waals surface area (Å²) in [7, 11) is 9.79. The zero-order valence-electron chi connectivity index (χ0n) is 21.2. The van der Waals surface area contributed by atoms with Gasteiger partial charge in [-0.3, -0.25) is 9.59 Å². The molecule has 1 amide bonds. The molecule has 0 bridgehead atoms. The SMILES string of the molecule is COc1ccc(/C(O)=C2\C(=O)C(=O)N(CCN(C)C)[C@H]2c2cc(OC)c(OC)c(OC)c2)c(C)c1. The Morgan fingerprint density at radius 2 is 1.60 bits per heavy atom. The lowest BCUT2D eigenvalue weighted by Gasteiger charge is -2.27. The third-order valence-corrected chi connectivity index (χ3v) is 6.02. The second-order valence-corrected chi connectivity index (χ2v) is 8.44. The van der Waals surface area contributed by atoms with Crippen molar-refractivity contribution in [1.82, 2.24) is 9.80 Å². The van der Waals surface area contributed by atoms with Crippen molar-refractivity contribution in [3.8, 4) is 23.0 Å². The maximum Gasteiger partial charge on any atom is 0.295 e. The van der Waals surface area contributed by atoms with E-state index in [1.807, 2.05) is 19.0 Å². The lowest BCUT2D eigenvalue weighted by molar-refractivity contribution is -0.140. The third-order valence-electron chi connectivity index (χ3n) is 6.02. The summed E-state index contributed by atoms with van der Waals surface area (Å²) in [6.45, 7) is 2.60. The maximum atomic E-state index is 13.3. The lowest BCUT2D eigenvalue weighted by atomic mass is 9.93. The number of likely N-dealkylation sites (tertiary alicyclic amines) is 1. The van der Waals surface area contributed by atoms with Crippen molar-refractivity contribution in [3.05, 3.63) is 52.6 Å². The quantitative estimate of drug-likeness (QED) is 0.330. The fourth-order valence-electron chi connectivity index (χ4n) is 4.20. The van der Waals surface area contributed by atoms with Gasteiger partial charge in [-0.25, -0.2) is 0 Å². The van der Waals surface area contributed by atoms with Crippen molar-refractivity contribution in [2.45, 2.75) is 13.0 Å². The van der Waals surface area contributed by atoms with E-state index in [0.717, 1.165) is 0 Å². The fourth-order valence-corrected chi connectivity index (χ4v) is 4.20. The zero-order valence-corrected chi connectivity index (χ0v) is 21.2. The molecule has 2 aromatic carbocycles. The number of aliphatic hydroxyl groups excluding tert-OH is 1. The van der Waals surface area contributed by atoms with Crippen LogP contribution in [-0.2, 0) is 9.59 Å². The van der Waals surface area contributed by atoms with E-state index in [0.29, 0.717) is 46.2 Å². The molecule has 9 heteroatoms. The number of Topliss-reactive ketones (excluding diaryl/α,β-unsaturated/α-hetero) is 1. The van der Waals surface area contributed by atoms with E-state index in [9.17, 15) is 14.7 Å². The van der Waals surface area contributed by atoms with E-state index in [-0.39, 0.29) is 17.9 Å². The summed E-state index contributed by atoms with van der Waals surface area (Å²) in [6.07, 6.45) is 0. The summed E-state index contributed by atoms with van der Waals surface area (Å²) in [6, 6.07) is 7.64. The van der Waals surface area contributed by atoms with Gasteiger partial charge in [0.1, 0.15) is 11.5 Å². The first kappa shape index (κ1) is 25.9. The second kappa shape index (κ2) is 10.7. The Kier molecular flexibility index (Phi) is 7.91. The molecule has 0 spiro atoms. The van der Waals surface area contributed by atoms with Gasteiger partial charge in [0.15, 0.2) is 11.5 Å². The topological polar surface area (TPSA) is 97.8 Å². The molecule has 1 aliphatic rings. The minimum atomic E-state index is -0.856. The van der Waals surface area contributed by atoms with E-state index < -0.39 is 17.7 Å². The number of ether oxygens (including phenoxy) is 4. The fraction of sp³-hybridized carbons (Fsp3) is 0.385. The Balaban J connectivity index is 2.27. The average molecular weight is 485 g/mol. The lowest BCUT2D eigenvalue weighted by Crippen LogP contribution is -2.35. The number of amides is 1. The van der Waals surface area contributed by atoms with E-state index in [1.165, 1.54) is 26.2 Å². The zero-order chi connectivity index (χ0) is 25.9. The molecule has 0 aromatic heterocycles. The first-order valence-corrected chi connectivity index (χ1v) is 11.1. The molecule has 188 valence electrons. The highest BCUT2D eigenvalue weighted by Gasteiger charge is 2.46. The van der Waals surface area contributed by atoms with Crippen molar-refractivity contribution in [2.24, 2.45) is 0 Å². The van der Waals surface area contributed by atoms with E-state index in [4.69, 9.17) is 18.9 Å². The maximum absolute atomic E-state index is 13.3. The van der Waals surface area contributed by atoms with Crippen LogP contribution in [-0.4, -0.2) is 82.2 Å². The largest absolute Gasteiger partial charge is 0.507 e. The van der Waals surface area contributed by atoms with Gasteiger partial charge < -0.3 is 33.9 Å². The Morgan fingerprint density at radius 3 is 2.09 bits per heavy atom. The molecule has 1 atom stereocenters. The van der Waals surface area contributed by atoms with Crippen LogP contribution >= 0.6 is 0 Å². The number of carbonyl (C=O) groups is 2. The van der Waals surface area contributed by atoms with Gasteiger partial charge in [-0.15, -0.1) is 0 Å². The van der Waals surface area contributed by atoms with E-state index in [1.54, 1.807) is 44.4 Å². The summed E-state index contributed by atoms with van der Waals surface area (Å²) in [5.74, 6) is 0.0613. The molecule has 1 fully saturated rings. The summed E-state index contributed by atoms with van der Waals surface area (Å²) >= 11 is 0. The molecular formula is C26H32N2O7. The normalized spacial score (nSPS) is 17.1. The molecule has 35 heavy (non-hydrogen) atoms. The predicted molar refractivity (Wildman–Crippen MR) is 131 cm³/mol. The molecule has 0 radical (unpaired) electrons. The van der Waals surface area contributed by atoms with Crippen molar-refractivity contribution >= 4 is 17.4 Å². The summed E-state index contributed by atoms with van der Waals surface area (Å²) in [5, 5.41) is 11.4. The predicted octanol–water partition coefficient (Wildman–Crippen LogP) is 3.01. The van der Waals surface area contributed by atoms with Crippen molar-refractivity contribution < 1.29 is 33.6 Å². The number of nitrogens with zero attached hydrogens (tertiary/aromatic N) is 2. The number of methoxy groups -OCH3 is 4. The average Bonchev–Trinajstić information content (AvgIpc) is 3.10. The molecule has 0 aliphatic carbocycles. The van der Waals surface area contributed by atoms with Crippen LogP contribution in [0.2, 0.25) is 0 Å². The van der Waals surface area contributed by atoms with Crippen molar-refractivity contribution in [1.29, 1.82) is 0 Å². The van der Waals surface area contributed by atoms with Crippen LogP contribution in [0.1, 0.15) is 22.7 Å². The minimum Gasteiger partial charge on any atom is -0.507 e. The highest BCUT2D eigenvalue weighted by molar-refractivity contribution is 6.46. The Morgan fingerprint density at radius 1 is 0.971 bits per heavy atom. The van der Waals surface area contributed by atoms with Gasteiger partial charge >= 0.3 is 0 Å². The van der Waals surface area contributed by atoms with Gasteiger partial charge in [-0.2, -0.15) is 0 Å². The van der Waals surface area contributed by atoms with E-state index >= 15 is 0 Å². The van der Waals surface area contributed by atoms with Gasteiger partial charge in [0, 0.05) is 18.7 Å². The van der Waals surface area contributed by atoms with Crippen LogP contribution in [0, 0.1) is 6.92 Å². The standard InChI is InChI=1S/C26H32N2O7/c1-15-12-17(32-4)8-9-18(15)23(29)21-22(28(11-10-27(2)3)26(31)24(21)30)16-13-19(33-5)25(35-7)20(14-16)34-6/h8-9,12-14,22,29H,10-11H2,1-7H3/b23-21+/t22-/m0/s1. The Hall–Kier alpha value is -3.72. The van der Waals surface area contributed by atoms with Crippen LogP contribution in [0.4, 0.5) is 0 Å². The first-order chi connectivity index (χ1) is 16.7. The molecule has 0 saturated carbocycles. The molecule has 1 saturated heterocycles. The highest BCUT2D eigenvalue weighted by atomic mass is 16.5. The number of rotatable bonds is 9. The third kappa shape index (κ3) is 4.90. The molecule has 0 unspecified atom stereocenters. The summed E-state index contributed by atoms with van der Waals surface area (Å²) in [4.78, 5) is 29.8. The van der Waals surface area contributed by atoms with Crippen molar-refractivity contribution in [2.75, 3.05) is 55.6 Å². The monoisotopic (exact) mass is 484 g/mol. The Labute approximate surface area is 205 Å². The molecule has 1 heterocycles.